The van der Waals surface area contributed by atoms with Gasteiger partial charge in [0.1, 0.15) is 107 Å². The van der Waals surface area contributed by atoms with Crippen molar-refractivity contribution < 1.29 is 201 Å². The van der Waals surface area contributed by atoms with Crippen LogP contribution in [0.5, 0.6) is 0 Å². The molecule has 6 aromatic carbocycles. The number of ether oxygens (including phenoxy) is 11. The highest BCUT2D eigenvalue weighted by atomic mass is 32.3. The Bertz CT molecular complexity index is 5640. The molecule has 130 heavy (non-hydrogen) atoms. The lowest BCUT2D eigenvalue weighted by Crippen LogP contribution is -2.70. The van der Waals surface area contributed by atoms with Gasteiger partial charge in [-0.3, -0.25) is 31.9 Å². The summed E-state index contributed by atoms with van der Waals surface area (Å²) in [5.41, 5.74) is 1.61. The van der Waals surface area contributed by atoms with Crippen molar-refractivity contribution in [2.24, 2.45) is 5.92 Å². The van der Waals surface area contributed by atoms with Gasteiger partial charge in [0.25, 0.3) is 0 Å². The molecule has 2 aliphatic carbocycles. The fourth-order valence-corrected chi connectivity index (χ4v) is 17.2. The lowest BCUT2D eigenvalue weighted by Gasteiger charge is -2.50. The third kappa shape index (κ3) is 33.9. The van der Waals surface area contributed by atoms with Crippen molar-refractivity contribution in [3.63, 3.8) is 0 Å². The highest BCUT2D eigenvalue weighted by Gasteiger charge is 2.61. The number of carbonyl (C=O) groups excluding carboxylic acids is 6. The molecule has 13 N–H and O–H groups in total. The Morgan fingerprint density at radius 3 is 0.992 bits per heavy atom. The van der Waals surface area contributed by atoms with Gasteiger partial charge in [-0.15, -0.1) is 0 Å². The summed E-state index contributed by atoms with van der Waals surface area (Å²) in [7, 11) is -42.9. The number of hydrogen-bond donors (Lipinski definition) is 13. The van der Waals surface area contributed by atoms with Crippen LogP contribution in [-0.2, 0) is 194 Å². The Labute approximate surface area is 741 Å². The van der Waals surface area contributed by atoms with Gasteiger partial charge in [-0.2, -0.15) is 58.9 Å². The van der Waals surface area contributed by atoms with Gasteiger partial charge in [0.15, 0.2) is 18.7 Å². The van der Waals surface area contributed by atoms with E-state index in [1.165, 1.54) is 152 Å². The fourth-order valence-electron chi connectivity index (χ4n) is 13.8. The molecule has 4 fully saturated rings. The smallest absolute Gasteiger partial charge is 0.407 e. The number of benzene rings is 6. The van der Waals surface area contributed by atoms with E-state index in [2.05, 4.69) is 30.8 Å². The molecule has 2 saturated carbocycles. The van der Waals surface area contributed by atoms with Crippen molar-refractivity contribution in [1.82, 2.24) is 31.9 Å². The molecule has 0 aromatic heterocycles. The summed E-state index contributed by atoms with van der Waals surface area (Å²) < 4.78 is 359. The molecule has 19 atom stereocenters. The fraction of sp³-hybridized carbons (Fsp3) is 0.417. The molecule has 6 amide bonds. The zero-order valence-electron chi connectivity index (χ0n) is 66.6. The van der Waals surface area contributed by atoms with E-state index in [0.717, 1.165) is 0 Å². The van der Waals surface area contributed by atoms with E-state index in [-0.39, 0.29) is 22.3 Å². The SMILES string of the molecule is O=C(NCC1O[C@@H](OC2C(COS(=O)(=O)O)OC(O[C@H]3[C@@H](OS(=O)(=O)O)[C@H](NC(=O)OCc4ccccc4)C[C@H](NC(=O)OCc4ccccc4)[C@H]3OC3C(CNC(=O)OCc4ccccc4)[C@H](OS(=O)(=O)O)[C@H](OS(=O)(=O)O)C[C@@H]3NC(=O)OCc3ccccc3)C2OS(=O)(=O)O)[C@H](NC(=O)OCc2ccccc2)[C@@H](OS(=O)(=O)O)[C@@H]1OS(=O)(=O)O)OCc1ccccc1. The number of carbonyl (C=O) groups is 6. The lowest BCUT2D eigenvalue weighted by molar-refractivity contribution is -0.277. The minimum Gasteiger partial charge on any atom is -0.445 e. The minimum atomic E-state index is -6.41. The van der Waals surface area contributed by atoms with Gasteiger partial charge in [0, 0.05) is 25.4 Å². The maximum absolute atomic E-state index is 14.8. The third-order valence-corrected chi connectivity index (χ3v) is 22.3. The summed E-state index contributed by atoms with van der Waals surface area (Å²) in [6.45, 7) is -8.26. The van der Waals surface area contributed by atoms with Crippen LogP contribution in [0.15, 0.2) is 182 Å². The molecule has 2 saturated heterocycles. The Kier molecular flexibility index (Phi) is 35.9. The van der Waals surface area contributed by atoms with Crippen LogP contribution >= 0.6 is 0 Å². The minimum absolute atomic E-state index is 0.192. The normalized spacial score (nSPS) is 25.6. The monoisotopic (exact) mass is 1980 g/mol. The average Bonchev–Trinajstić information content (AvgIpc) is 1.34. The van der Waals surface area contributed by atoms with Crippen molar-refractivity contribution in [2.45, 2.75) is 162 Å². The maximum Gasteiger partial charge on any atom is 0.407 e. The quantitative estimate of drug-likeness (QED) is 0.0193. The van der Waals surface area contributed by atoms with E-state index in [1.807, 2.05) is 5.32 Å². The van der Waals surface area contributed by atoms with Crippen LogP contribution in [0, 0.1) is 5.92 Å². The zero-order chi connectivity index (χ0) is 94.4. The lowest BCUT2D eigenvalue weighted by atomic mass is 9.77. The summed E-state index contributed by atoms with van der Waals surface area (Å²) in [6.07, 6.45) is -52.2. The molecule has 58 heteroatoms. The highest BCUT2D eigenvalue weighted by Crippen LogP contribution is 2.42. The third-order valence-electron chi connectivity index (χ3n) is 19.0. The first-order valence-corrected chi connectivity index (χ1v) is 47.4. The molecule has 4 aliphatic rings. The molecule has 714 valence electrons. The molecule has 0 radical (unpaired) electrons. The van der Waals surface area contributed by atoms with E-state index >= 15 is 0 Å². The summed E-state index contributed by atoms with van der Waals surface area (Å²) in [4.78, 5) is 85.5. The largest absolute Gasteiger partial charge is 0.445 e. The van der Waals surface area contributed by atoms with E-state index in [1.54, 1.807) is 30.3 Å². The first-order chi connectivity index (χ1) is 61.2. The zero-order valence-corrected chi connectivity index (χ0v) is 72.3. The van der Waals surface area contributed by atoms with Crippen LogP contribution in [0.1, 0.15) is 46.2 Å². The topological polar surface area (TPSA) is 721 Å². The van der Waals surface area contributed by atoms with Crippen LogP contribution in [0.2, 0.25) is 0 Å². The van der Waals surface area contributed by atoms with Gasteiger partial charge in [-0.1, -0.05) is 182 Å². The molecule has 10 rings (SSSR count). The first-order valence-electron chi connectivity index (χ1n) is 37.8. The van der Waals surface area contributed by atoms with Crippen molar-refractivity contribution in [3.8, 4) is 0 Å². The molecule has 7 unspecified atom stereocenters. The van der Waals surface area contributed by atoms with Gasteiger partial charge < -0.3 is 84.0 Å². The summed E-state index contributed by atoms with van der Waals surface area (Å²) in [6, 6.07) is 35.0. The molecule has 6 aromatic rings. The Morgan fingerprint density at radius 1 is 0.292 bits per heavy atom. The predicted molar refractivity (Wildman–Crippen MR) is 428 cm³/mol. The molecular weight excluding hydrogens is 1890 g/mol. The average molecular weight is 1980 g/mol. The second kappa shape index (κ2) is 45.8. The van der Waals surface area contributed by atoms with E-state index < -0.39 is 297 Å². The summed E-state index contributed by atoms with van der Waals surface area (Å²) in [5, 5.41) is 13.2. The second-order valence-corrected chi connectivity index (χ2v) is 35.6. The van der Waals surface area contributed by atoms with Crippen molar-refractivity contribution in [2.75, 3.05) is 19.7 Å². The Morgan fingerprint density at radius 2 is 0.608 bits per heavy atom. The van der Waals surface area contributed by atoms with Crippen molar-refractivity contribution in [3.05, 3.63) is 215 Å². The van der Waals surface area contributed by atoms with E-state index in [9.17, 15) is 120 Å². The van der Waals surface area contributed by atoms with Crippen LogP contribution < -0.4 is 31.9 Å². The number of hydrogen-bond acceptors (Lipinski definition) is 38. The number of alkyl carbamates (subject to hydrolysis) is 6. The Balaban J connectivity index is 1.19. The number of amides is 6. The summed E-state index contributed by atoms with van der Waals surface area (Å²) in [5.74, 6) is -2.43. The predicted octanol–water partition coefficient (Wildman–Crippen LogP) is 2.36. The molecule has 2 heterocycles. The van der Waals surface area contributed by atoms with Gasteiger partial charge in [-0.25, -0.2) is 58.0 Å². The summed E-state index contributed by atoms with van der Waals surface area (Å²) >= 11 is 0. The van der Waals surface area contributed by atoms with Crippen molar-refractivity contribution in [1.29, 1.82) is 0 Å². The van der Waals surface area contributed by atoms with Gasteiger partial charge in [0.05, 0.1) is 30.8 Å². The first kappa shape index (κ1) is 102. The molecule has 51 nitrogen and oxygen atoms in total. The van der Waals surface area contributed by atoms with Crippen LogP contribution in [0.3, 0.4) is 0 Å². The Hall–Kier alpha value is -10.2. The van der Waals surface area contributed by atoms with E-state index in [4.69, 9.17) is 77.2 Å². The molecule has 2 aliphatic heterocycles. The van der Waals surface area contributed by atoms with Crippen molar-refractivity contribution >= 4 is 109 Å². The maximum atomic E-state index is 14.8. The molecular formula is C72H84N6O45S7. The highest BCUT2D eigenvalue weighted by molar-refractivity contribution is 7.82. The molecule has 0 bridgehead atoms. The van der Waals surface area contributed by atoms with E-state index in [0.29, 0.717) is 11.1 Å². The van der Waals surface area contributed by atoms with Gasteiger partial charge in [0.2, 0.25) is 0 Å². The second-order valence-electron chi connectivity index (χ2n) is 28.3. The molecule has 0 spiro atoms. The van der Waals surface area contributed by atoms with Gasteiger partial charge >= 0.3 is 109 Å². The van der Waals surface area contributed by atoms with Gasteiger partial charge in [-0.05, 0) is 39.8 Å². The number of rotatable bonds is 41. The van der Waals surface area contributed by atoms with Crippen LogP contribution in [0.4, 0.5) is 28.8 Å². The number of nitrogens with one attached hydrogen (secondary N) is 6. The van der Waals surface area contributed by atoms with Crippen LogP contribution in [0.25, 0.3) is 0 Å². The van der Waals surface area contributed by atoms with Crippen LogP contribution in [-0.4, -0.2) is 257 Å². The standard InChI is InChI=1S/C72H84N6O45S7/c79-67(106-35-42-19-7-1-8-20-42)73-33-48-56(51(77-71(83)110-39-46-27-15-5-16-28-46)32-52(118-125(88,89)90)57(48)119-126(91,92)93)115-58-49(75-69(81)108-37-44-23-11-3-12-24-44)31-50(76-70(82)109-38-45-25-13-4-14-26-45)59(120-127(94,95)96)63(58)117-66-64(123-130(103,104)105)60(54(114-66)41-112-124(85,86)87)116-65-55(78-72(84)111-40-47-29-17-6-18-30-47)62(122-129(100,101)102)61(121-128(97,98)99)53(113-65)34-74-68(80)107-36-43-21-9-2-10-22-43/h1-30,48-66H,31-41H2,(H,73,79)(H,74,80)(H,75,81)(H,76,82)(H,77,83)(H,78,84)(H,85,86,87)(H,88,89,90)(H,91,92,93)(H,94,95,96)(H,97,98,99)(H,100,101,102)(H,103,104,105)/t48?,49-,50+,51-,52+,53?,54?,55+,56?,57-,58+,59-,60?,61+,62+,63+,64?,65-,66?/m0/s1.